The van der Waals surface area contributed by atoms with Crippen LogP contribution in [0.15, 0.2) is 36.0 Å². The number of alkyl carbamates (subject to hydrolysis) is 1. The number of aryl methyl sites for hydroxylation is 1. The Morgan fingerprint density at radius 1 is 0.955 bits per heavy atom. The van der Waals surface area contributed by atoms with Gasteiger partial charge >= 0.3 is 14.7 Å². The van der Waals surface area contributed by atoms with Crippen LogP contribution in [0, 0.1) is 6.92 Å². The molecule has 0 saturated heterocycles. The van der Waals surface area contributed by atoms with E-state index in [0.717, 1.165) is 24.9 Å². The van der Waals surface area contributed by atoms with Gasteiger partial charge < -0.3 is 24.2 Å². The molecule has 44 heavy (non-hydrogen) atoms. The summed E-state index contributed by atoms with van der Waals surface area (Å²) >= 11 is 1.70. The lowest BCUT2D eigenvalue weighted by atomic mass is 10.0. The number of benzene rings is 1. The third-order valence-corrected chi connectivity index (χ3v) is 8.79. The maximum Gasteiger partial charge on any atom is 0.407 e. The largest absolute Gasteiger partial charge is 0.447 e. The maximum absolute atomic E-state index is 12.2. The van der Waals surface area contributed by atoms with E-state index in [2.05, 4.69) is 35.4 Å². The number of hydrogen-bond acceptors (Lipinski definition) is 7. The number of unbranched alkanes of at least 4 members (excludes halogenated alkanes) is 13. The average Bonchev–Trinajstić information content (AvgIpc) is 3.40. The number of nitrogens with zero attached hydrogens (tertiary/aromatic N) is 1. The molecule has 1 aromatic carbocycles. The highest BCUT2D eigenvalue weighted by molar-refractivity contribution is 7.41. The normalized spacial score (nSPS) is 12.8. The van der Waals surface area contributed by atoms with E-state index in [9.17, 15) is 9.69 Å². The van der Waals surface area contributed by atoms with Crippen molar-refractivity contribution in [1.29, 1.82) is 0 Å². The second-order valence-corrected chi connectivity index (χ2v) is 13.8. The number of thiazole rings is 1. The van der Waals surface area contributed by atoms with E-state index in [0.29, 0.717) is 12.3 Å². The predicted molar refractivity (Wildman–Crippen MR) is 180 cm³/mol. The van der Waals surface area contributed by atoms with Crippen molar-refractivity contribution in [2.45, 2.75) is 136 Å². The molecule has 250 valence electrons. The van der Waals surface area contributed by atoms with E-state index in [4.69, 9.17) is 18.5 Å². The summed E-state index contributed by atoms with van der Waals surface area (Å²) in [7, 11) is -2.17. The number of amides is 1. The minimum atomic E-state index is -2.17. The predicted octanol–water partition coefficient (Wildman–Crippen LogP) is 9.01. The minimum absolute atomic E-state index is 0.0265. The van der Waals surface area contributed by atoms with Crippen molar-refractivity contribution >= 4 is 26.0 Å². The van der Waals surface area contributed by atoms with Gasteiger partial charge in [0.2, 0.25) is 5.51 Å². The summed E-state index contributed by atoms with van der Waals surface area (Å²) in [5.74, 6) is 0.532. The molecule has 1 aromatic heterocycles. The number of nitrogens with one attached hydrogen (secondary N) is 1. The maximum atomic E-state index is 12.2. The molecule has 8 nitrogen and oxygen atoms in total. The molecular formula is C34H58N2O6PS+. The van der Waals surface area contributed by atoms with Crippen LogP contribution in [0.5, 0.6) is 5.75 Å². The van der Waals surface area contributed by atoms with Gasteiger partial charge in [0.1, 0.15) is 18.5 Å². The van der Waals surface area contributed by atoms with Crippen molar-refractivity contribution in [2.24, 2.45) is 0 Å². The van der Waals surface area contributed by atoms with Gasteiger partial charge in [0.05, 0.1) is 17.6 Å². The van der Waals surface area contributed by atoms with E-state index in [1.165, 1.54) is 81.9 Å². The van der Waals surface area contributed by atoms with E-state index >= 15 is 0 Å². The summed E-state index contributed by atoms with van der Waals surface area (Å²) in [5.41, 5.74) is 3.13. The molecule has 10 heteroatoms. The molecule has 1 heterocycles. The highest BCUT2D eigenvalue weighted by Gasteiger charge is 2.19. The molecule has 2 atom stereocenters. The van der Waals surface area contributed by atoms with Crippen LogP contribution in [0.3, 0.4) is 0 Å². The molecule has 2 N–H and O–H groups in total. The van der Waals surface area contributed by atoms with Crippen molar-refractivity contribution in [2.75, 3.05) is 19.8 Å². The first kappa shape index (κ1) is 38.4. The minimum Gasteiger partial charge on any atom is -0.447 e. The van der Waals surface area contributed by atoms with Gasteiger partial charge in [0.25, 0.3) is 0 Å². The summed E-state index contributed by atoms with van der Waals surface area (Å²) in [5, 5.41) is 2.83. The first-order chi connectivity index (χ1) is 21.4. The number of hydrogen-bond donors (Lipinski definition) is 2. The number of carbonyl (C=O) groups is 1. The molecule has 0 bridgehead atoms. The third kappa shape index (κ3) is 19.6. The Labute approximate surface area is 271 Å². The van der Waals surface area contributed by atoms with E-state index in [1.807, 2.05) is 32.0 Å². The molecule has 2 aromatic rings. The van der Waals surface area contributed by atoms with Gasteiger partial charge in [-0.25, -0.2) is 4.79 Å². The number of rotatable bonds is 26. The summed E-state index contributed by atoms with van der Waals surface area (Å²) in [6, 6.07) is 7.59. The van der Waals surface area contributed by atoms with Crippen LogP contribution < -0.4 is 14.4 Å². The van der Waals surface area contributed by atoms with Crippen LogP contribution in [0.4, 0.5) is 4.79 Å². The van der Waals surface area contributed by atoms with Crippen molar-refractivity contribution in [1.82, 2.24) is 5.32 Å². The Balaban J connectivity index is 1.53. The zero-order valence-electron chi connectivity index (χ0n) is 27.6. The van der Waals surface area contributed by atoms with Gasteiger partial charge in [0, 0.05) is 12.1 Å². The Morgan fingerprint density at radius 3 is 2.18 bits per heavy atom. The zero-order valence-corrected chi connectivity index (χ0v) is 29.3. The molecule has 0 aliphatic carbocycles. The van der Waals surface area contributed by atoms with Crippen LogP contribution >= 0.6 is 19.9 Å². The molecule has 2 rings (SSSR count). The SMILES string of the molecule is CCCCCCCCCCCCCCCCNC(=O)OCC(COP(O)Oc1cccc(C[n+]2csc(C)c2)c1)OC(C)C. The van der Waals surface area contributed by atoms with Gasteiger partial charge in [-0.2, -0.15) is 4.57 Å². The van der Waals surface area contributed by atoms with Gasteiger partial charge in [-0.05, 0) is 39.3 Å². The fourth-order valence-electron chi connectivity index (χ4n) is 4.94. The summed E-state index contributed by atoms with van der Waals surface area (Å²) in [4.78, 5) is 23.8. The van der Waals surface area contributed by atoms with Gasteiger partial charge in [0.15, 0.2) is 12.7 Å². The molecule has 0 aliphatic heterocycles. The Hall–Kier alpha value is -1.77. The Bertz CT molecular complexity index is 1010. The lowest BCUT2D eigenvalue weighted by molar-refractivity contribution is -0.683. The molecular weight excluding hydrogens is 595 g/mol. The van der Waals surface area contributed by atoms with E-state index in [-0.39, 0.29) is 19.3 Å². The van der Waals surface area contributed by atoms with Crippen molar-refractivity contribution < 1.29 is 32.8 Å². The Kier molecular flexibility index (Phi) is 21.4. The van der Waals surface area contributed by atoms with Gasteiger partial charge in [-0.1, -0.05) is 114 Å². The molecule has 0 saturated carbocycles. The smallest absolute Gasteiger partial charge is 0.407 e. The lowest BCUT2D eigenvalue weighted by Gasteiger charge is -2.21. The highest BCUT2D eigenvalue weighted by atomic mass is 32.1. The Morgan fingerprint density at radius 2 is 1.59 bits per heavy atom. The molecule has 0 radical (unpaired) electrons. The average molecular weight is 654 g/mol. The molecule has 0 spiro atoms. The van der Waals surface area contributed by atoms with Crippen LogP contribution in [-0.4, -0.2) is 43.0 Å². The second-order valence-electron chi connectivity index (χ2n) is 11.8. The molecule has 0 aliphatic rings. The quantitative estimate of drug-likeness (QED) is 0.0598. The molecule has 1 amide bonds. The zero-order chi connectivity index (χ0) is 31.8. The van der Waals surface area contributed by atoms with Crippen LogP contribution in [-0.2, 0) is 20.5 Å². The summed E-state index contributed by atoms with van der Waals surface area (Å²) < 4.78 is 24.5. The number of ether oxygens (including phenoxy) is 2. The third-order valence-electron chi connectivity index (χ3n) is 7.20. The number of carbonyl (C=O) groups excluding carboxylic acids is 1. The second kappa shape index (κ2) is 24.5. The van der Waals surface area contributed by atoms with Crippen molar-refractivity contribution in [3.8, 4) is 5.75 Å². The number of aromatic nitrogens is 1. The topological polar surface area (TPSA) is 90.1 Å². The fourth-order valence-corrected chi connectivity index (χ4v) is 6.22. The fraction of sp³-hybridized carbons (Fsp3) is 0.706. The van der Waals surface area contributed by atoms with Crippen LogP contribution in [0.1, 0.15) is 121 Å². The summed E-state index contributed by atoms with van der Waals surface area (Å²) in [6.45, 7) is 9.53. The first-order valence-electron chi connectivity index (χ1n) is 16.7. The van der Waals surface area contributed by atoms with Crippen molar-refractivity contribution in [3.05, 3.63) is 46.4 Å². The van der Waals surface area contributed by atoms with Crippen LogP contribution in [0.25, 0.3) is 0 Å². The van der Waals surface area contributed by atoms with Gasteiger partial charge in [-0.3, -0.25) is 4.52 Å². The first-order valence-corrected chi connectivity index (χ1v) is 18.8. The van der Waals surface area contributed by atoms with Crippen molar-refractivity contribution in [3.63, 3.8) is 0 Å². The summed E-state index contributed by atoms with van der Waals surface area (Å²) in [6.07, 6.45) is 19.3. The lowest BCUT2D eigenvalue weighted by Crippen LogP contribution is -2.33. The molecule has 0 fully saturated rings. The highest BCUT2D eigenvalue weighted by Crippen LogP contribution is 2.35. The molecule has 2 unspecified atom stereocenters. The monoisotopic (exact) mass is 653 g/mol. The van der Waals surface area contributed by atoms with Crippen LogP contribution in [0.2, 0.25) is 0 Å². The van der Waals surface area contributed by atoms with E-state index in [1.54, 1.807) is 17.4 Å². The van der Waals surface area contributed by atoms with E-state index < -0.39 is 20.8 Å². The standard InChI is InChI=1S/C34H57N2O6PS/c1-5-6-7-8-9-10-11-12-13-14-15-16-17-18-22-35-34(37)39-26-33(41-29(2)3)27-40-43(38)42-32-21-19-20-31(23-32)25-36-24-30(4)44-28-36/h19-21,23-24,28-29,33,38H,5-18,22,25-27H2,1-4H3/p+1. The van der Waals surface area contributed by atoms with Gasteiger partial charge in [-0.15, -0.1) is 0 Å².